The van der Waals surface area contributed by atoms with Gasteiger partial charge in [-0.1, -0.05) is 64.5 Å². The summed E-state index contributed by atoms with van der Waals surface area (Å²) >= 11 is 6.10. The van der Waals surface area contributed by atoms with Crippen LogP contribution in [0.25, 0.3) is 33.6 Å². The molecule has 0 aliphatic rings. The zero-order valence-electron chi connectivity index (χ0n) is 27.9. The Bertz CT molecular complexity index is 2380. The summed E-state index contributed by atoms with van der Waals surface area (Å²) in [4.78, 5) is 53.6. The van der Waals surface area contributed by atoms with E-state index in [1.165, 1.54) is 44.7 Å². The van der Waals surface area contributed by atoms with Crippen molar-refractivity contribution in [1.29, 1.82) is 0 Å². The number of aromatic nitrogens is 5. The molecular weight excluding hydrogens is 762 g/mol. The summed E-state index contributed by atoms with van der Waals surface area (Å²) in [6, 6.07) is 29.4. The van der Waals surface area contributed by atoms with E-state index in [4.69, 9.17) is 9.97 Å². The van der Waals surface area contributed by atoms with Gasteiger partial charge in [0.15, 0.2) is 10.3 Å². The van der Waals surface area contributed by atoms with Crippen LogP contribution in [0.1, 0.15) is 24.2 Å². The highest BCUT2D eigenvalue weighted by atomic mass is 79.9. The molecule has 2 amide bonds. The number of carbonyl (C=O) groups excluding carboxylic acids is 2. The Morgan fingerprint density at radius 1 is 0.635 bits per heavy atom. The lowest BCUT2D eigenvalue weighted by Crippen LogP contribution is -2.31. The molecule has 0 bridgehead atoms. The standard InChI is InChI=1S/C39H29BrFN7O2S2/c1-24-5-3-7-34(43-24)47(38-45-31(22-51-38)27-11-9-26(10-12-27)29-19-20-42-33(41)21-29)36(49)17-18-37(50)48(35-8-4-6-25(2)44-35)39-46-32(23-52-39)28-13-15-30(40)16-14-28/h3-16,19-23H,17-18H2,1-2H3. The fourth-order valence-electron chi connectivity index (χ4n) is 5.44. The molecule has 7 aromatic rings. The van der Waals surface area contributed by atoms with Gasteiger partial charge < -0.3 is 0 Å². The van der Waals surface area contributed by atoms with Crippen LogP contribution in [0, 0.1) is 19.8 Å². The van der Waals surface area contributed by atoms with Gasteiger partial charge >= 0.3 is 0 Å². The Hall–Kier alpha value is -5.50. The maximum atomic E-state index is 14.1. The SMILES string of the molecule is Cc1cccc(N(C(=O)CCC(=O)N(c2cccc(C)n2)c2nc(-c3ccc(-c4ccnc(F)c4)cc3)cs2)c2nc(-c3ccc(Br)cc3)cs2)n1. The lowest BCUT2D eigenvalue weighted by atomic mass is 10.0. The van der Waals surface area contributed by atoms with Gasteiger partial charge in [0.2, 0.25) is 17.8 Å². The molecule has 0 aliphatic heterocycles. The van der Waals surface area contributed by atoms with E-state index in [0.717, 1.165) is 38.2 Å². The van der Waals surface area contributed by atoms with Gasteiger partial charge in [-0.25, -0.2) is 34.7 Å². The van der Waals surface area contributed by atoms with Gasteiger partial charge in [0.1, 0.15) is 11.6 Å². The van der Waals surface area contributed by atoms with E-state index in [-0.39, 0.29) is 24.7 Å². The first-order chi connectivity index (χ1) is 25.2. The fourth-order valence-corrected chi connectivity index (χ4v) is 7.42. The zero-order chi connectivity index (χ0) is 36.2. The number of rotatable bonds is 10. The Labute approximate surface area is 315 Å². The van der Waals surface area contributed by atoms with E-state index in [1.54, 1.807) is 18.2 Å². The van der Waals surface area contributed by atoms with Crippen LogP contribution >= 0.6 is 38.6 Å². The van der Waals surface area contributed by atoms with Gasteiger partial charge in [0.25, 0.3) is 0 Å². The minimum absolute atomic E-state index is 0.112. The molecule has 9 nitrogen and oxygen atoms in total. The highest BCUT2D eigenvalue weighted by Gasteiger charge is 2.27. The summed E-state index contributed by atoms with van der Waals surface area (Å²) in [6.07, 6.45) is 1.20. The first-order valence-corrected chi connectivity index (χ1v) is 18.7. The van der Waals surface area contributed by atoms with Gasteiger partial charge in [-0.3, -0.25) is 9.59 Å². The van der Waals surface area contributed by atoms with E-state index < -0.39 is 5.95 Å². The molecule has 0 radical (unpaired) electrons. The Kier molecular flexibility index (Phi) is 10.3. The average Bonchev–Trinajstić information content (AvgIpc) is 3.83. The number of nitrogens with zero attached hydrogens (tertiary/aromatic N) is 7. The van der Waals surface area contributed by atoms with Crippen molar-refractivity contribution in [2.24, 2.45) is 0 Å². The first kappa shape index (κ1) is 34.9. The van der Waals surface area contributed by atoms with Crippen molar-refractivity contribution < 1.29 is 14.0 Å². The van der Waals surface area contributed by atoms with Crippen LogP contribution < -0.4 is 9.80 Å². The Morgan fingerprint density at radius 2 is 1.12 bits per heavy atom. The number of aryl methyl sites for hydroxylation is 2. The second kappa shape index (κ2) is 15.4. The number of benzene rings is 2. The van der Waals surface area contributed by atoms with E-state index >= 15 is 0 Å². The molecule has 0 unspecified atom stereocenters. The summed E-state index contributed by atoms with van der Waals surface area (Å²) < 4.78 is 14.7. The molecule has 7 rings (SSSR count). The zero-order valence-corrected chi connectivity index (χ0v) is 31.1. The number of hydrogen-bond acceptors (Lipinski definition) is 9. The molecule has 0 spiro atoms. The fraction of sp³-hybridized carbons (Fsp3) is 0.103. The minimum Gasteiger partial charge on any atom is -0.274 e. The van der Waals surface area contributed by atoms with Gasteiger partial charge in [-0.05, 0) is 67.4 Å². The van der Waals surface area contributed by atoms with Crippen LogP contribution in [0.4, 0.5) is 26.3 Å². The summed E-state index contributed by atoms with van der Waals surface area (Å²) in [7, 11) is 0. The second-order valence-electron chi connectivity index (χ2n) is 11.7. The highest BCUT2D eigenvalue weighted by molar-refractivity contribution is 9.10. The van der Waals surface area contributed by atoms with Crippen molar-refractivity contribution in [1.82, 2.24) is 24.9 Å². The number of pyridine rings is 3. The molecule has 0 atom stereocenters. The van der Waals surface area contributed by atoms with Crippen LogP contribution in [0.5, 0.6) is 0 Å². The van der Waals surface area contributed by atoms with E-state index in [9.17, 15) is 14.0 Å². The van der Waals surface area contributed by atoms with Crippen molar-refractivity contribution in [2.45, 2.75) is 26.7 Å². The number of amides is 2. The maximum absolute atomic E-state index is 14.1. The number of carbonyl (C=O) groups is 2. The number of halogens is 2. The third kappa shape index (κ3) is 7.86. The molecule has 5 heterocycles. The van der Waals surface area contributed by atoms with E-state index in [1.807, 2.05) is 97.4 Å². The second-order valence-corrected chi connectivity index (χ2v) is 14.3. The van der Waals surface area contributed by atoms with Crippen molar-refractivity contribution in [3.63, 3.8) is 0 Å². The summed E-state index contributed by atoms with van der Waals surface area (Å²) in [5, 5.41) is 4.64. The van der Waals surface area contributed by atoms with Crippen molar-refractivity contribution >= 4 is 72.3 Å². The lowest BCUT2D eigenvalue weighted by molar-refractivity contribution is -0.123. The van der Waals surface area contributed by atoms with Crippen molar-refractivity contribution in [3.8, 4) is 33.6 Å². The Balaban J connectivity index is 1.14. The smallest absolute Gasteiger partial charge is 0.235 e. The molecule has 0 saturated carbocycles. The maximum Gasteiger partial charge on any atom is 0.235 e. The number of thiazole rings is 2. The third-order valence-corrected chi connectivity index (χ3v) is 10.2. The minimum atomic E-state index is -0.546. The molecule has 258 valence electrons. The van der Waals surface area contributed by atoms with E-state index in [0.29, 0.717) is 33.2 Å². The third-order valence-electron chi connectivity index (χ3n) is 8.00. The highest BCUT2D eigenvalue weighted by Crippen LogP contribution is 2.35. The van der Waals surface area contributed by atoms with Crippen molar-refractivity contribution in [2.75, 3.05) is 9.80 Å². The molecular formula is C39H29BrFN7O2S2. The quantitative estimate of drug-likeness (QED) is 0.127. The predicted octanol–water partition coefficient (Wildman–Crippen LogP) is 10.1. The molecule has 52 heavy (non-hydrogen) atoms. The monoisotopic (exact) mass is 789 g/mol. The van der Waals surface area contributed by atoms with Crippen LogP contribution in [0.15, 0.2) is 118 Å². The predicted molar refractivity (Wildman–Crippen MR) is 207 cm³/mol. The van der Waals surface area contributed by atoms with Crippen molar-refractivity contribution in [3.05, 3.63) is 136 Å². The van der Waals surface area contributed by atoms with Crippen LogP contribution in [0.3, 0.4) is 0 Å². The molecule has 13 heteroatoms. The molecule has 0 N–H and O–H groups in total. The number of anilines is 4. The molecule has 0 aliphatic carbocycles. The Morgan fingerprint density at radius 3 is 1.60 bits per heavy atom. The van der Waals surface area contributed by atoms with Gasteiger partial charge in [-0.15, -0.1) is 22.7 Å². The van der Waals surface area contributed by atoms with Gasteiger partial charge in [0, 0.05) is 62.9 Å². The molecule has 2 aromatic carbocycles. The first-order valence-electron chi connectivity index (χ1n) is 16.1. The normalized spacial score (nSPS) is 11.0. The molecule has 5 aromatic heterocycles. The van der Waals surface area contributed by atoms with Gasteiger partial charge in [0.05, 0.1) is 11.4 Å². The summed E-state index contributed by atoms with van der Waals surface area (Å²) in [5.74, 6) is -0.375. The molecule has 0 fully saturated rings. The lowest BCUT2D eigenvalue weighted by Gasteiger charge is -2.21. The largest absolute Gasteiger partial charge is 0.274 e. The average molecular weight is 791 g/mol. The van der Waals surface area contributed by atoms with Crippen LogP contribution in [-0.4, -0.2) is 36.7 Å². The molecule has 0 saturated heterocycles. The van der Waals surface area contributed by atoms with E-state index in [2.05, 4.69) is 30.9 Å². The summed E-state index contributed by atoms with van der Waals surface area (Å²) in [6.45, 7) is 3.71. The van der Waals surface area contributed by atoms with Gasteiger partial charge in [-0.2, -0.15) is 4.39 Å². The summed E-state index contributed by atoms with van der Waals surface area (Å²) in [5.41, 5.74) is 6.15. The topological polar surface area (TPSA) is 105 Å². The van der Waals surface area contributed by atoms with Crippen LogP contribution in [0.2, 0.25) is 0 Å². The number of hydrogen-bond donors (Lipinski definition) is 0. The van der Waals surface area contributed by atoms with Crippen LogP contribution in [-0.2, 0) is 9.59 Å².